The molecule has 2 aromatic rings. The first-order chi connectivity index (χ1) is 11.4. The molecule has 4 nitrogen and oxygen atoms in total. The maximum absolute atomic E-state index is 12.2. The van der Waals surface area contributed by atoms with Crippen LogP contribution in [0.5, 0.6) is 5.75 Å². The van der Waals surface area contributed by atoms with Crippen LogP contribution in [0.2, 0.25) is 15.1 Å². The first-order valence-electron chi connectivity index (χ1n) is 7.15. The third kappa shape index (κ3) is 3.41. The number of hydrogen-bond donors (Lipinski definition) is 2. The van der Waals surface area contributed by atoms with Crippen LogP contribution in [0.15, 0.2) is 36.4 Å². The minimum atomic E-state index is -1.44. The lowest BCUT2D eigenvalue weighted by Crippen LogP contribution is -2.43. The highest BCUT2D eigenvalue weighted by molar-refractivity contribution is 6.44. The zero-order valence-corrected chi connectivity index (χ0v) is 15.3. The molecule has 0 aliphatic carbocycles. The van der Waals surface area contributed by atoms with Crippen molar-refractivity contribution in [2.24, 2.45) is 0 Å². The summed E-state index contributed by atoms with van der Waals surface area (Å²) >= 11 is 18.2. The largest absolute Gasteiger partial charge is 0.496 e. The van der Waals surface area contributed by atoms with Crippen LogP contribution < -0.4 is 10.1 Å². The smallest absolute Gasteiger partial charge is 0.334 e. The summed E-state index contributed by atoms with van der Waals surface area (Å²) in [7, 11) is 1.49. The van der Waals surface area contributed by atoms with Gasteiger partial charge in [0.05, 0.1) is 27.9 Å². The van der Waals surface area contributed by atoms with Gasteiger partial charge in [-0.15, -0.1) is 0 Å². The van der Waals surface area contributed by atoms with Crippen LogP contribution in [0.25, 0.3) is 0 Å². The maximum Gasteiger partial charge on any atom is 0.334 e. The molecule has 0 aliphatic heterocycles. The van der Waals surface area contributed by atoms with Crippen molar-refractivity contribution in [3.8, 4) is 5.75 Å². The first kappa shape index (κ1) is 18.7. The van der Waals surface area contributed by atoms with Gasteiger partial charge in [-0.25, -0.2) is 4.79 Å². The number of rotatable bonds is 6. The van der Waals surface area contributed by atoms with Crippen LogP contribution >= 0.6 is 34.8 Å². The molecule has 24 heavy (non-hydrogen) atoms. The lowest BCUT2D eigenvalue weighted by molar-refractivity contribution is -0.142. The Kier molecular flexibility index (Phi) is 5.86. The Bertz CT molecular complexity index is 767. The topological polar surface area (TPSA) is 58.6 Å². The molecule has 0 heterocycles. The van der Waals surface area contributed by atoms with Crippen LogP contribution in [0.1, 0.15) is 18.9 Å². The van der Waals surface area contributed by atoms with Crippen molar-refractivity contribution in [1.82, 2.24) is 0 Å². The lowest BCUT2D eigenvalue weighted by Gasteiger charge is -2.32. The minimum absolute atomic E-state index is 0.249. The quantitative estimate of drug-likeness (QED) is 0.645. The van der Waals surface area contributed by atoms with E-state index in [0.29, 0.717) is 22.0 Å². The standard InChI is InChI=1S/C17H16Cl3NO3/c1-3-17(16(22)23,10-6-4-5-7-15(10)24-2)21-14-9-12(19)11(18)8-13(14)20/h4-9,21H,3H2,1-2H3,(H,22,23). The normalized spacial score (nSPS) is 13.2. The molecule has 0 spiro atoms. The van der Waals surface area contributed by atoms with Crippen molar-refractivity contribution in [1.29, 1.82) is 0 Å². The second kappa shape index (κ2) is 7.51. The molecule has 0 bridgehead atoms. The Hall–Kier alpha value is -1.62. The van der Waals surface area contributed by atoms with Crippen molar-refractivity contribution in [2.45, 2.75) is 18.9 Å². The van der Waals surface area contributed by atoms with Gasteiger partial charge in [0.2, 0.25) is 0 Å². The van der Waals surface area contributed by atoms with E-state index in [-0.39, 0.29) is 16.5 Å². The number of ether oxygens (including phenoxy) is 1. The molecule has 0 fully saturated rings. The first-order valence-corrected chi connectivity index (χ1v) is 8.28. The number of carbonyl (C=O) groups is 1. The summed E-state index contributed by atoms with van der Waals surface area (Å²) < 4.78 is 5.33. The predicted octanol–water partition coefficient (Wildman–Crippen LogP) is 5.46. The monoisotopic (exact) mass is 387 g/mol. The summed E-state index contributed by atoms with van der Waals surface area (Å²) in [5.41, 5.74) is -0.571. The fraction of sp³-hybridized carbons (Fsp3) is 0.235. The lowest BCUT2D eigenvalue weighted by atomic mass is 9.86. The zero-order chi connectivity index (χ0) is 17.9. The van der Waals surface area contributed by atoms with Gasteiger partial charge < -0.3 is 15.2 Å². The van der Waals surface area contributed by atoms with Crippen molar-refractivity contribution in [3.63, 3.8) is 0 Å². The number of anilines is 1. The Morgan fingerprint density at radius 1 is 1.17 bits per heavy atom. The summed E-state index contributed by atoms with van der Waals surface area (Å²) in [6, 6.07) is 9.92. The van der Waals surface area contributed by atoms with Gasteiger partial charge in [-0.1, -0.05) is 59.9 Å². The van der Waals surface area contributed by atoms with Gasteiger partial charge >= 0.3 is 5.97 Å². The van der Waals surface area contributed by atoms with Crippen LogP contribution in [0, 0.1) is 0 Å². The number of para-hydroxylation sites is 1. The second-order valence-electron chi connectivity index (χ2n) is 5.14. The van der Waals surface area contributed by atoms with Crippen molar-refractivity contribution < 1.29 is 14.6 Å². The van der Waals surface area contributed by atoms with Crippen molar-refractivity contribution >= 4 is 46.5 Å². The molecular weight excluding hydrogens is 373 g/mol. The molecule has 1 unspecified atom stereocenters. The molecule has 128 valence electrons. The Morgan fingerprint density at radius 3 is 2.38 bits per heavy atom. The molecule has 0 aliphatic rings. The van der Waals surface area contributed by atoms with E-state index in [1.165, 1.54) is 19.2 Å². The number of benzene rings is 2. The average Bonchev–Trinajstić information content (AvgIpc) is 2.57. The number of hydrogen-bond acceptors (Lipinski definition) is 3. The third-order valence-corrected chi connectivity index (χ3v) is 4.86. The fourth-order valence-corrected chi connectivity index (χ4v) is 3.11. The van der Waals surface area contributed by atoms with Gasteiger partial charge in [0.25, 0.3) is 0 Å². The third-order valence-electron chi connectivity index (χ3n) is 3.82. The molecule has 2 rings (SSSR count). The molecule has 2 aromatic carbocycles. The van der Waals surface area contributed by atoms with Crippen LogP contribution in [-0.4, -0.2) is 18.2 Å². The zero-order valence-electron chi connectivity index (χ0n) is 13.1. The van der Waals surface area contributed by atoms with Gasteiger partial charge in [0.15, 0.2) is 5.54 Å². The Morgan fingerprint density at radius 2 is 1.79 bits per heavy atom. The molecule has 7 heteroatoms. The second-order valence-corrected chi connectivity index (χ2v) is 6.36. The molecule has 0 amide bonds. The number of carboxylic acid groups (broad SMARTS) is 1. The number of halogens is 3. The molecule has 0 radical (unpaired) electrons. The number of carboxylic acids is 1. The van der Waals surface area contributed by atoms with E-state index < -0.39 is 11.5 Å². The van der Waals surface area contributed by atoms with Crippen molar-refractivity contribution in [3.05, 3.63) is 57.0 Å². The molecule has 0 saturated carbocycles. The van der Waals surface area contributed by atoms with Gasteiger partial charge in [0, 0.05) is 5.56 Å². The molecular formula is C17H16Cl3NO3. The SMILES string of the molecule is CCC(Nc1cc(Cl)c(Cl)cc1Cl)(C(=O)O)c1ccccc1OC. The molecule has 2 N–H and O–H groups in total. The van der Waals surface area contributed by atoms with E-state index in [1.807, 2.05) is 0 Å². The number of aliphatic carboxylic acids is 1. The summed E-state index contributed by atoms with van der Waals surface area (Å²) in [5.74, 6) is -0.595. The van der Waals surface area contributed by atoms with E-state index in [2.05, 4.69) is 5.32 Å². The van der Waals surface area contributed by atoms with E-state index in [1.54, 1.807) is 31.2 Å². The highest BCUT2D eigenvalue weighted by Crippen LogP contribution is 2.40. The van der Waals surface area contributed by atoms with Crippen LogP contribution in [-0.2, 0) is 10.3 Å². The molecule has 0 aromatic heterocycles. The van der Waals surface area contributed by atoms with Crippen molar-refractivity contribution in [2.75, 3.05) is 12.4 Å². The molecule has 0 saturated heterocycles. The maximum atomic E-state index is 12.2. The number of methoxy groups -OCH3 is 1. The highest BCUT2D eigenvalue weighted by Gasteiger charge is 2.41. The van der Waals surface area contributed by atoms with E-state index >= 15 is 0 Å². The van der Waals surface area contributed by atoms with Crippen LogP contribution in [0.4, 0.5) is 5.69 Å². The summed E-state index contributed by atoms with van der Waals surface area (Å²) in [5, 5.41) is 13.8. The highest BCUT2D eigenvalue weighted by atomic mass is 35.5. The average molecular weight is 389 g/mol. The van der Waals surface area contributed by atoms with E-state index in [0.717, 1.165) is 0 Å². The van der Waals surface area contributed by atoms with E-state index in [4.69, 9.17) is 39.5 Å². The Labute approximate surface area is 155 Å². The van der Waals surface area contributed by atoms with Gasteiger partial charge in [0.1, 0.15) is 5.75 Å². The predicted molar refractivity (Wildman–Crippen MR) is 97.7 cm³/mol. The Balaban J connectivity index is 2.62. The summed E-state index contributed by atoms with van der Waals surface area (Å²) in [4.78, 5) is 12.2. The fourth-order valence-electron chi connectivity index (χ4n) is 2.51. The minimum Gasteiger partial charge on any atom is -0.496 e. The van der Waals surface area contributed by atoms with Crippen LogP contribution in [0.3, 0.4) is 0 Å². The van der Waals surface area contributed by atoms with Gasteiger partial charge in [-0.3, -0.25) is 0 Å². The molecule has 1 atom stereocenters. The van der Waals surface area contributed by atoms with Gasteiger partial charge in [-0.2, -0.15) is 0 Å². The van der Waals surface area contributed by atoms with Gasteiger partial charge in [-0.05, 0) is 24.6 Å². The summed E-state index contributed by atoms with van der Waals surface area (Å²) in [6.45, 7) is 1.76. The van der Waals surface area contributed by atoms with E-state index in [9.17, 15) is 9.90 Å². The number of nitrogens with one attached hydrogen (secondary N) is 1. The summed E-state index contributed by atoms with van der Waals surface area (Å²) in [6.07, 6.45) is 0.249.